The van der Waals surface area contributed by atoms with Gasteiger partial charge in [0.25, 0.3) is 0 Å². The van der Waals surface area contributed by atoms with Gasteiger partial charge in [-0.2, -0.15) is 0 Å². The summed E-state index contributed by atoms with van der Waals surface area (Å²) >= 11 is 0. The van der Waals surface area contributed by atoms with E-state index < -0.39 is 6.04 Å². The number of hydrogen-bond donors (Lipinski definition) is 3. The Bertz CT molecular complexity index is 489. The Morgan fingerprint density at radius 3 is 2.20 bits per heavy atom. The van der Waals surface area contributed by atoms with Crippen molar-refractivity contribution in [3.05, 3.63) is 28.8 Å². The highest BCUT2D eigenvalue weighted by Gasteiger charge is 2.15. The molecule has 0 aliphatic carbocycles. The Kier molecular flexibility index (Phi) is 5.70. The van der Waals surface area contributed by atoms with Crippen LogP contribution in [-0.4, -0.2) is 31.4 Å². The molecule has 0 saturated heterocycles. The number of nitrogens with one attached hydrogen (secondary N) is 3. The first-order valence-electron chi connectivity index (χ1n) is 6.67. The molecule has 0 heterocycles. The van der Waals surface area contributed by atoms with Gasteiger partial charge in [0.2, 0.25) is 11.8 Å². The van der Waals surface area contributed by atoms with Crippen LogP contribution in [0.4, 0.5) is 5.69 Å². The van der Waals surface area contributed by atoms with E-state index in [4.69, 9.17) is 0 Å². The summed E-state index contributed by atoms with van der Waals surface area (Å²) in [6.45, 7) is 7.82. The molecule has 0 aliphatic rings. The van der Waals surface area contributed by atoms with Gasteiger partial charge in [-0.3, -0.25) is 14.9 Å². The lowest BCUT2D eigenvalue weighted by Crippen LogP contribution is -2.43. The Morgan fingerprint density at radius 2 is 1.70 bits per heavy atom. The molecule has 0 spiro atoms. The lowest BCUT2D eigenvalue weighted by Gasteiger charge is -2.17. The Hall–Kier alpha value is -1.88. The van der Waals surface area contributed by atoms with Crippen LogP contribution in [0.3, 0.4) is 0 Å². The van der Waals surface area contributed by atoms with E-state index in [-0.39, 0.29) is 18.4 Å². The minimum absolute atomic E-state index is 0.122. The first kappa shape index (κ1) is 16.2. The quantitative estimate of drug-likeness (QED) is 0.759. The molecule has 1 rings (SSSR count). The molecule has 5 nitrogen and oxygen atoms in total. The van der Waals surface area contributed by atoms with Gasteiger partial charge in [-0.1, -0.05) is 17.7 Å². The van der Waals surface area contributed by atoms with E-state index in [9.17, 15) is 9.59 Å². The summed E-state index contributed by atoms with van der Waals surface area (Å²) in [6, 6.07) is 3.63. The van der Waals surface area contributed by atoms with Gasteiger partial charge in [0, 0.05) is 12.7 Å². The maximum atomic E-state index is 12.1. The number of carbonyl (C=O) groups excluding carboxylic acids is 2. The lowest BCUT2D eigenvalue weighted by atomic mass is 10.0. The van der Waals surface area contributed by atoms with Crippen molar-refractivity contribution in [2.75, 3.05) is 18.9 Å². The maximum absolute atomic E-state index is 12.1. The normalized spacial score (nSPS) is 11.8. The van der Waals surface area contributed by atoms with Gasteiger partial charge in [0.15, 0.2) is 0 Å². The fourth-order valence-corrected chi connectivity index (χ4v) is 2.04. The van der Waals surface area contributed by atoms with Crippen LogP contribution in [0.15, 0.2) is 12.1 Å². The average molecular weight is 277 g/mol. The summed E-state index contributed by atoms with van der Waals surface area (Å²) in [7, 11) is 1.56. The van der Waals surface area contributed by atoms with Crippen molar-refractivity contribution in [1.29, 1.82) is 0 Å². The second kappa shape index (κ2) is 7.05. The van der Waals surface area contributed by atoms with Crippen LogP contribution in [0, 0.1) is 20.8 Å². The molecule has 0 fully saturated rings. The molecule has 0 unspecified atom stereocenters. The zero-order valence-electron chi connectivity index (χ0n) is 12.8. The van der Waals surface area contributed by atoms with Crippen molar-refractivity contribution in [3.8, 4) is 0 Å². The molecule has 0 aliphatic heterocycles. The van der Waals surface area contributed by atoms with Crippen molar-refractivity contribution in [3.63, 3.8) is 0 Å². The first-order valence-corrected chi connectivity index (χ1v) is 6.67. The van der Waals surface area contributed by atoms with Gasteiger partial charge in [-0.15, -0.1) is 0 Å². The molecule has 3 N–H and O–H groups in total. The van der Waals surface area contributed by atoms with E-state index in [1.807, 2.05) is 32.9 Å². The van der Waals surface area contributed by atoms with Crippen molar-refractivity contribution in [2.45, 2.75) is 33.7 Å². The number of aryl methyl sites for hydroxylation is 3. The molecule has 1 aromatic carbocycles. The van der Waals surface area contributed by atoms with E-state index in [1.54, 1.807) is 14.0 Å². The predicted octanol–water partition coefficient (Wildman–Crippen LogP) is 1.27. The predicted molar refractivity (Wildman–Crippen MR) is 80.8 cm³/mol. The van der Waals surface area contributed by atoms with Gasteiger partial charge in [0.1, 0.15) is 0 Å². The van der Waals surface area contributed by atoms with Gasteiger partial charge in [-0.25, -0.2) is 0 Å². The molecular weight excluding hydrogens is 254 g/mol. The number of benzene rings is 1. The molecule has 1 aromatic rings. The van der Waals surface area contributed by atoms with Crippen molar-refractivity contribution >= 4 is 17.5 Å². The van der Waals surface area contributed by atoms with E-state index in [1.165, 1.54) is 5.56 Å². The number of likely N-dealkylation sites (N-methyl/N-ethyl adjacent to an activating group) is 1. The fraction of sp³-hybridized carbons (Fsp3) is 0.467. The van der Waals surface area contributed by atoms with E-state index in [0.29, 0.717) is 0 Å². The minimum Gasteiger partial charge on any atom is -0.358 e. The molecule has 110 valence electrons. The van der Waals surface area contributed by atoms with Crippen LogP contribution >= 0.6 is 0 Å². The highest BCUT2D eigenvalue weighted by atomic mass is 16.2. The molecule has 0 saturated carbocycles. The monoisotopic (exact) mass is 277 g/mol. The van der Waals surface area contributed by atoms with E-state index >= 15 is 0 Å². The lowest BCUT2D eigenvalue weighted by molar-refractivity contribution is -0.120. The summed E-state index contributed by atoms with van der Waals surface area (Å²) in [4.78, 5) is 23.2. The average Bonchev–Trinajstić information content (AvgIpc) is 2.39. The third kappa shape index (κ3) is 4.35. The summed E-state index contributed by atoms with van der Waals surface area (Å²) in [6.07, 6.45) is 0. The largest absolute Gasteiger partial charge is 0.358 e. The smallest absolute Gasteiger partial charge is 0.241 e. The number of amides is 2. The summed E-state index contributed by atoms with van der Waals surface area (Å²) in [5, 5.41) is 8.29. The summed E-state index contributed by atoms with van der Waals surface area (Å²) in [5.74, 6) is -0.295. The fourth-order valence-electron chi connectivity index (χ4n) is 2.04. The van der Waals surface area contributed by atoms with Crippen LogP contribution in [-0.2, 0) is 9.59 Å². The third-order valence-corrected chi connectivity index (χ3v) is 3.17. The SMILES string of the molecule is CNC(=O)CN[C@H](C)C(=O)Nc1c(C)cc(C)cc1C. The standard InChI is InChI=1S/C15H23N3O2/c1-9-6-10(2)14(11(3)7-9)18-15(20)12(4)17-8-13(19)16-5/h6-7,12,17H,8H2,1-5H3,(H,16,19)(H,18,20)/t12-/m1/s1. The Labute approximate surface area is 120 Å². The molecule has 1 atom stereocenters. The van der Waals surface area contributed by atoms with Gasteiger partial charge < -0.3 is 10.6 Å². The highest BCUT2D eigenvalue weighted by Crippen LogP contribution is 2.21. The Morgan fingerprint density at radius 1 is 1.15 bits per heavy atom. The first-order chi connectivity index (χ1) is 9.35. The molecular formula is C15H23N3O2. The van der Waals surface area contributed by atoms with Crippen molar-refractivity contribution < 1.29 is 9.59 Å². The zero-order valence-corrected chi connectivity index (χ0v) is 12.8. The van der Waals surface area contributed by atoms with E-state index in [0.717, 1.165) is 16.8 Å². The van der Waals surface area contributed by atoms with Crippen LogP contribution in [0.25, 0.3) is 0 Å². The molecule has 2 amide bonds. The van der Waals surface area contributed by atoms with Crippen LogP contribution in [0.5, 0.6) is 0 Å². The summed E-state index contributed by atoms with van der Waals surface area (Å²) < 4.78 is 0. The molecule has 5 heteroatoms. The van der Waals surface area contributed by atoms with Gasteiger partial charge in [0.05, 0.1) is 12.6 Å². The molecule has 0 bridgehead atoms. The second-order valence-corrected chi connectivity index (χ2v) is 5.04. The minimum atomic E-state index is -0.438. The molecule has 20 heavy (non-hydrogen) atoms. The Balaban J connectivity index is 2.69. The zero-order chi connectivity index (χ0) is 15.3. The number of hydrogen-bond acceptors (Lipinski definition) is 3. The van der Waals surface area contributed by atoms with Crippen LogP contribution < -0.4 is 16.0 Å². The number of rotatable bonds is 5. The number of anilines is 1. The van der Waals surface area contributed by atoms with Gasteiger partial charge >= 0.3 is 0 Å². The third-order valence-electron chi connectivity index (χ3n) is 3.17. The molecule has 0 aromatic heterocycles. The second-order valence-electron chi connectivity index (χ2n) is 5.04. The topological polar surface area (TPSA) is 70.2 Å². The maximum Gasteiger partial charge on any atom is 0.241 e. The van der Waals surface area contributed by atoms with Crippen molar-refractivity contribution in [2.24, 2.45) is 0 Å². The highest BCUT2D eigenvalue weighted by molar-refractivity contribution is 5.96. The van der Waals surface area contributed by atoms with Crippen molar-refractivity contribution in [1.82, 2.24) is 10.6 Å². The summed E-state index contributed by atoms with van der Waals surface area (Å²) in [5.41, 5.74) is 4.08. The molecule has 0 radical (unpaired) electrons. The van der Waals surface area contributed by atoms with Crippen LogP contribution in [0.1, 0.15) is 23.6 Å². The number of carbonyl (C=O) groups is 2. The van der Waals surface area contributed by atoms with Crippen LogP contribution in [0.2, 0.25) is 0 Å². The van der Waals surface area contributed by atoms with Gasteiger partial charge in [-0.05, 0) is 38.8 Å². The van der Waals surface area contributed by atoms with E-state index in [2.05, 4.69) is 16.0 Å².